The van der Waals surface area contributed by atoms with Crippen LogP contribution in [0.25, 0.3) is 0 Å². The van der Waals surface area contributed by atoms with Crippen molar-refractivity contribution in [1.82, 2.24) is 10.6 Å². The molecule has 3 N–H and O–H groups in total. The van der Waals surface area contributed by atoms with Gasteiger partial charge in [-0.3, -0.25) is 4.79 Å². The lowest BCUT2D eigenvalue weighted by molar-refractivity contribution is -0.120. The van der Waals surface area contributed by atoms with Gasteiger partial charge in [0, 0.05) is 5.69 Å². The summed E-state index contributed by atoms with van der Waals surface area (Å²) in [6.07, 6.45) is 0. The number of nitrogens with one attached hydrogen (secondary N) is 3. The summed E-state index contributed by atoms with van der Waals surface area (Å²) in [5.74, 6) is -0.264. The van der Waals surface area contributed by atoms with E-state index < -0.39 is 6.03 Å². The highest BCUT2D eigenvalue weighted by molar-refractivity contribution is 5.92. The maximum Gasteiger partial charge on any atom is 0.319 e. The largest absolute Gasteiger partial charge is 0.344 e. The Labute approximate surface area is 171 Å². The number of hydrogen-bond acceptors (Lipinski definition) is 2. The van der Waals surface area contributed by atoms with Crippen molar-refractivity contribution in [2.45, 2.75) is 19.9 Å². The molecule has 0 aliphatic carbocycles. The first-order valence-electron chi connectivity index (χ1n) is 9.54. The molecule has 0 radical (unpaired) electrons. The second-order valence-corrected chi connectivity index (χ2v) is 6.93. The van der Waals surface area contributed by atoms with Crippen LogP contribution in [0.2, 0.25) is 0 Å². The van der Waals surface area contributed by atoms with Gasteiger partial charge in [-0.15, -0.1) is 0 Å². The minimum atomic E-state index is -0.422. The molecular formula is C24H25N3O2. The van der Waals surface area contributed by atoms with E-state index in [9.17, 15) is 9.59 Å². The van der Waals surface area contributed by atoms with Gasteiger partial charge < -0.3 is 16.0 Å². The van der Waals surface area contributed by atoms with Gasteiger partial charge in [-0.1, -0.05) is 66.7 Å². The van der Waals surface area contributed by atoms with E-state index in [1.807, 2.05) is 54.6 Å². The summed E-state index contributed by atoms with van der Waals surface area (Å²) in [7, 11) is 0. The summed E-state index contributed by atoms with van der Waals surface area (Å²) in [5, 5.41) is 8.33. The van der Waals surface area contributed by atoms with Crippen molar-refractivity contribution >= 4 is 17.6 Å². The standard InChI is InChI=1S/C24H25N3O2/c1-17-13-14-20(15-18(17)2)23(19-9-5-3-6-10-19)27-22(28)16-25-24(29)26-21-11-7-4-8-12-21/h3-15,23H,16H2,1-2H3,(H,27,28)(H2,25,26,29)/t23-/m0/s1. The van der Waals surface area contributed by atoms with Crippen molar-refractivity contribution in [1.29, 1.82) is 0 Å². The minimum Gasteiger partial charge on any atom is -0.344 e. The van der Waals surface area contributed by atoms with Crippen LogP contribution in [0.15, 0.2) is 78.9 Å². The van der Waals surface area contributed by atoms with Crippen LogP contribution in [0.4, 0.5) is 10.5 Å². The first kappa shape index (κ1) is 20.1. The van der Waals surface area contributed by atoms with E-state index in [1.165, 1.54) is 5.56 Å². The molecule has 0 fully saturated rings. The van der Waals surface area contributed by atoms with Gasteiger partial charge in [0.15, 0.2) is 0 Å². The lowest BCUT2D eigenvalue weighted by atomic mass is 9.95. The van der Waals surface area contributed by atoms with Gasteiger partial charge in [-0.2, -0.15) is 0 Å². The van der Waals surface area contributed by atoms with Gasteiger partial charge in [-0.25, -0.2) is 4.79 Å². The fourth-order valence-corrected chi connectivity index (χ4v) is 3.02. The predicted octanol–water partition coefficient (Wildman–Crippen LogP) is 4.33. The number of aryl methyl sites for hydroxylation is 2. The summed E-state index contributed by atoms with van der Waals surface area (Å²) >= 11 is 0. The molecule has 29 heavy (non-hydrogen) atoms. The summed E-state index contributed by atoms with van der Waals surface area (Å²) in [6, 6.07) is 24.3. The van der Waals surface area contributed by atoms with Gasteiger partial charge in [0.1, 0.15) is 0 Å². The molecule has 3 rings (SSSR count). The molecule has 5 heteroatoms. The van der Waals surface area contributed by atoms with E-state index in [0.29, 0.717) is 5.69 Å². The summed E-state index contributed by atoms with van der Waals surface area (Å²) < 4.78 is 0. The molecule has 3 aromatic rings. The van der Waals surface area contributed by atoms with Gasteiger partial charge in [0.2, 0.25) is 5.91 Å². The number of benzene rings is 3. The second-order valence-electron chi connectivity index (χ2n) is 6.93. The predicted molar refractivity (Wildman–Crippen MR) is 116 cm³/mol. The molecule has 3 aromatic carbocycles. The molecular weight excluding hydrogens is 362 g/mol. The van der Waals surface area contributed by atoms with Crippen molar-refractivity contribution < 1.29 is 9.59 Å². The molecule has 0 bridgehead atoms. The summed E-state index contributed by atoms with van der Waals surface area (Å²) in [4.78, 5) is 24.6. The zero-order valence-corrected chi connectivity index (χ0v) is 16.6. The van der Waals surface area contributed by atoms with Crippen molar-refractivity contribution in [3.8, 4) is 0 Å². The maximum absolute atomic E-state index is 12.6. The molecule has 0 saturated carbocycles. The number of anilines is 1. The SMILES string of the molecule is Cc1ccc([C@@H](NC(=O)CNC(=O)Nc2ccccc2)c2ccccc2)cc1C. The summed E-state index contributed by atoms with van der Waals surface area (Å²) in [6.45, 7) is 4.00. The Morgan fingerprint density at radius 1 is 0.793 bits per heavy atom. The Kier molecular flexibility index (Phi) is 6.63. The van der Waals surface area contributed by atoms with Gasteiger partial charge in [0.25, 0.3) is 0 Å². The van der Waals surface area contributed by atoms with Crippen molar-refractivity contribution in [2.75, 3.05) is 11.9 Å². The molecule has 0 spiro atoms. The van der Waals surface area contributed by atoms with Crippen molar-refractivity contribution in [3.05, 3.63) is 101 Å². The van der Waals surface area contributed by atoms with E-state index in [0.717, 1.165) is 16.7 Å². The number of amides is 3. The number of hydrogen-bond donors (Lipinski definition) is 3. The van der Waals surface area contributed by atoms with E-state index >= 15 is 0 Å². The van der Waals surface area contributed by atoms with Crippen LogP contribution in [0.3, 0.4) is 0 Å². The van der Waals surface area contributed by atoms with E-state index in [4.69, 9.17) is 0 Å². The second kappa shape index (κ2) is 9.55. The average Bonchev–Trinajstić information content (AvgIpc) is 2.74. The highest BCUT2D eigenvalue weighted by atomic mass is 16.2. The average molecular weight is 387 g/mol. The topological polar surface area (TPSA) is 70.2 Å². The normalized spacial score (nSPS) is 11.4. The molecule has 0 aliphatic rings. The van der Waals surface area contributed by atoms with Crippen LogP contribution < -0.4 is 16.0 Å². The molecule has 0 saturated heterocycles. The Bertz CT molecular complexity index is 972. The maximum atomic E-state index is 12.6. The van der Waals surface area contributed by atoms with Crippen LogP contribution in [-0.2, 0) is 4.79 Å². The molecule has 1 atom stereocenters. The fourth-order valence-electron chi connectivity index (χ4n) is 3.02. The molecule has 148 valence electrons. The van der Waals surface area contributed by atoms with Crippen LogP contribution in [0.5, 0.6) is 0 Å². The zero-order chi connectivity index (χ0) is 20.6. The molecule has 0 aliphatic heterocycles. The smallest absolute Gasteiger partial charge is 0.319 e. The van der Waals surface area contributed by atoms with Crippen LogP contribution in [0, 0.1) is 13.8 Å². The monoisotopic (exact) mass is 387 g/mol. The van der Waals surface area contributed by atoms with Crippen LogP contribution in [-0.4, -0.2) is 18.5 Å². The fraction of sp³-hybridized carbons (Fsp3) is 0.167. The van der Waals surface area contributed by atoms with Gasteiger partial charge in [-0.05, 0) is 48.2 Å². The third-order valence-corrected chi connectivity index (χ3v) is 4.74. The van der Waals surface area contributed by atoms with Crippen LogP contribution in [0.1, 0.15) is 28.3 Å². The first-order valence-corrected chi connectivity index (χ1v) is 9.54. The lowest BCUT2D eigenvalue weighted by Gasteiger charge is -2.21. The van der Waals surface area contributed by atoms with Crippen molar-refractivity contribution in [2.24, 2.45) is 0 Å². The van der Waals surface area contributed by atoms with E-state index in [-0.39, 0.29) is 18.5 Å². The van der Waals surface area contributed by atoms with E-state index in [1.54, 1.807) is 12.1 Å². The molecule has 3 amide bonds. The Balaban J connectivity index is 1.66. The third-order valence-electron chi connectivity index (χ3n) is 4.74. The molecule has 0 unspecified atom stereocenters. The third kappa shape index (κ3) is 5.69. The quantitative estimate of drug-likeness (QED) is 0.589. The highest BCUT2D eigenvalue weighted by Gasteiger charge is 2.17. The van der Waals surface area contributed by atoms with Gasteiger partial charge in [0.05, 0.1) is 12.6 Å². The Morgan fingerprint density at radius 3 is 2.10 bits per heavy atom. The Morgan fingerprint density at radius 2 is 1.45 bits per heavy atom. The zero-order valence-electron chi connectivity index (χ0n) is 16.6. The van der Waals surface area contributed by atoms with Gasteiger partial charge >= 0.3 is 6.03 Å². The molecule has 0 aromatic heterocycles. The molecule has 0 heterocycles. The van der Waals surface area contributed by atoms with Crippen molar-refractivity contribution in [3.63, 3.8) is 0 Å². The number of carbonyl (C=O) groups is 2. The lowest BCUT2D eigenvalue weighted by Crippen LogP contribution is -2.40. The number of urea groups is 1. The number of para-hydroxylation sites is 1. The van der Waals surface area contributed by atoms with Crippen LogP contribution >= 0.6 is 0 Å². The number of carbonyl (C=O) groups excluding carboxylic acids is 2. The highest BCUT2D eigenvalue weighted by Crippen LogP contribution is 2.24. The number of rotatable bonds is 6. The minimum absolute atomic E-state index is 0.118. The molecule has 5 nitrogen and oxygen atoms in total. The van der Waals surface area contributed by atoms with E-state index in [2.05, 4.69) is 41.9 Å². The summed E-state index contributed by atoms with van der Waals surface area (Å²) in [5.41, 5.74) is 5.02. The first-order chi connectivity index (χ1) is 14.0. The Hall–Kier alpha value is -3.60.